The van der Waals surface area contributed by atoms with Gasteiger partial charge in [-0.3, -0.25) is 4.79 Å². The van der Waals surface area contributed by atoms with Crippen LogP contribution in [0.25, 0.3) is 0 Å². The van der Waals surface area contributed by atoms with Gasteiger partial charge in [0.2, 0.25) is 5.78 Å². The minimum atomic E-state index is -0.187. The number of aromatic nitrogens is 3. The Morgan fingerprint density at radius 3 is 2.92 bits per heavy atom. The SMILES string of the molecule is CC(CN)C(=O)c1ncnn1C. The summed E-state index contributed by atoms with van der Waals surface area (Å²) in [5.74, 6) is 0.123. The van der Waals surface area contributed by atoms with Crippen molar-refractivity contribution in [3.8, 4) is 0 Å². The lowest BCUT2D eigenvalue weighted by molar-refractivity contribution is 0.0919. The zero-order valence-corrected chi connectivity index (χ0v) is 7.19. The molecule has 0 radical (unpaired) electrons. The maximum Gasteiger partial charge on any atom is 0.203 e. The molecule has 0 aromatic carbocycles. The third kappa shape index (κ3) is 1.50. The van der Waals surface area contributed by atoms with E-state index >= 15 is 0 Å². The number of hydrogen-bond acceptors (Lipinski definition) is 4. The van der Waals surface area contributed by atoms with E-state index in [1.807, 2.05) is 0 Å². The first kappa shape index (κ1) is 8.86. The summed E-state index contributed by atoms with van der Waals surface area (Å²) in [5.41, 5.74) is 5.35. The fraction of sp³-hybridized carbons (Fsp3) is 0.571. The van der Waals surface area contributed by atoms with Crippen LogP contribution in [0.15, 0.2) is 6.33 Å². The van der Waals surface area contributed by atoms with Crippen LogP contribution in [0.3, 0.4) is 0 Å². The molecule has 0 aliphatic heterocycles. The number of ketones is 1. The first-order valence-corrected chi connectivity index (χ1v) is 3.75. The number of carbonyl (C=O) groups excluding carboxylic acids is 1. The normalized spacial score (nSPS) is 12.9. The molecule has 0 fully saturated rings. The number of nitrogens with zero attached hydrogens (tertiary/aromatic N) is 3. The largest absolute Gasteiger partial charge is 0.330 e. The van der Waals surface area contributed by atoms with Crippen molar-refractivity contribution in [2.24, 2.45) is 18.7 Å². The molecule has 1 atom stereocenters. The summed E-state index contributed by atoms with van der Waals surface area (Å²) in [6.07, 6.45) is 1.36. The average molecular weight is 168 g/mol. The van der Waals surface area contributed by atoms with Crippen LogP contribution < -0.4 is 5.73 Å². The van der Waals surface area contributed by atoms with E-state index < -0.39 is 0 Å². The van der Waals surface area contributed by atoms with Gasteiger partial charge in [-0.1, -0.05) is 6.92 Å². The maximum atomic E-state index is 11.5. The summed E-state index contributed by atoms with van der Waals surface area (Å²) in [5, 5.41) is 3.80. The topological polar surface area (TPSA) is 73.8 Å². The number of rotatable bonds is 3. The van der Waals surface area contributed by atoms with E-state index in [0.29, 0.717) is 12.4 Å². The number of Topliss-reactive ketones (excluding diaryl/α,β-unsaturated/α-hetero) is 1. The molecule has 0 saturated heterocycles. The van der Waals surface area contributed by atoms with Crippen LogP contribution >= 0.6 is 0 Å². The lowest BCUT2D eigenvalue weighted by Gasteiger charge is -2.04. The molecule has 0 aliphatic carbocycles. The second-order valence-electron chi connectivity index (χ2n) is 2.71. The summed E-state index contributed by atoms with van der Waals surface area (Å²) < 4.78 is 1.45. The third-order valence-corrected chi connectivity index (χ3v) is 1.73. The molecule has 66 valence electrons. The highest BCUT2D eigenvalue weighted by Crippen LogP contribution is 2.02. The van der Waals surface area contributed by atoms with Crippen LogP contribution in [0.4, 0.5) is 0 Å². The van der Waals surface area contributed by atoms with Crippen molar-refractivity contribution in [2.75, 3.05) is 6.54 Å². The van der Waals surface area contributed by atoms with Crippen molar-refractivity contribution in [1.29, 1.82) is 0 Å². The van der Waals surface area contributed by atoms with Gasteiger partial charge in [0.1, 0.15) is 6.33 Å². The highest BCUT2D eigenvalue weighted by molar-refractivity contribution is 5.94. The van der Waals surface area contributed by atoms with E-state index in [9.17, 15) is 4.79 Å². The lowest BCUT2D eigenvalue weighted by Crippen LogP contribution is -2.23. The Morgan fingerprint density at radius 2 is 2.50 bits per heavy atom. The van der Waals surface area contributed by atoms with Gasteiger partial charge in [0.15, 0.2) is 5.82 Å². The quantitative estimate of drug-likeness (QED) is 0.623. The Labute approximate surface area is 70.6 Å². The molecule has 1 heterocycles. The van der Waals surface area contributed by atoms with Gasteiger partial charge in [0.05, 0.1) is 0 Å². The van der Waals surface area contributed by atoms with Gasteiger partial charge in [-0.25, -0.2) is 9.67 Å². The van der Waals surface area contributed by atoms with Gasteiger partial charge >= 0.3 is 0 Å². The van der Waals surface area contributed by atoms with Crippen LogP contribution in [0.1, 0.15) is 17.5 Å². The third-order valence-electron chi connectivity index (χ3n) is 1.73. The Hall–Kier alpha value is -1.23. The van der Waals surface area contributed by atoms with Gasteiger partial charge in [-0.2, -0.15) is 5.10 Å². The summed E-state index contributed by atoms with van der Waals surface area (Å²) in [6, 6.07) is 0. The number of aryl methyl sites for hydroxylation is 1. The van der Waals surface area contributed by atoms with Crippen molar-refractivity contribution in [3.63, 3.8) is 0 Å². The standard InChI is InChI=1S/C7H12N4O/c1-5(3-8)6(12)7-9-4-10-11(7)2/h4-5H,3,8H2,1-2H3. The Morgan fingerprint density at radius 1 is 1.83 bits per heavy atom. The molecular weight excluding hydrogens is 156 g/mol. The highest BCUT2D eigenvalue weighted by atomic mass is 16.1. The fourth-order valence-electron chi connectivity index (χ4n) is 0.847. The smallest absolute Gasteiger partial charge is 0.203 e. The van der Waals surface area contributed by atoms with Crippen LogP contribution in [0.2, 0.25) is 0 Å². The zero-order chi connectivity index (χ0) is 9.14. The van der Waals surface area contributed by atoms with Gasteiger partial charge in [-0.05, 0) is 0 Å². The predicted octanol–water partition coefficient (Wildman–Crippen LogP) is -0.407. The number of hydrogen-bond donors (Lipinski definition) is 1. The summed E-state index contributed by atoms with van der Waals surface area (Å²) in [6.45, 7) is 2.11. The van der Waals surface area contributed by atoms with Crippen molar-refractivity contribution in [1.82, 2.24) is 14.8 Å². The molecule has 5 heteroatoms. The van der Waals surface area contributed by atoms with Crippen LogP contribution in [-0.2, 0) is 7.05 Å². The predicted molar refractivity (Wildman–Crippen MR) is 43.6 cm³/mol. The van der Waals surface area contributed by atoms with E-state index in [2.05, 4.69) is 10.1 Å². The van der Waals surface area contributed by atoms with E-state index in [4.69, 9.17) is 5.73 Å². The fourth-order valence-corrected chi connectivity index (χ4v) is 0.847. The minimum Gasteiger partial charge on any atom is -0.330 e. The van der Waals surface area contributed by atoms with Crippen molar-refractivity contribution in [2.45, 2.75) is 6.92 Å². The van der Waals surface area contributed by atoms with Gasteiger partial charge < -0.3 is 5.73 Å². The van der Waals surface area contributed by atoms with Crippen molar-refractivity contribution in [3.05, 3.63) is 12.2 Å². The first-order valence-electron chi connectivity index (χ1n) is 3.75. The molecule has 0 amide bonds. The summed E-state index contributed by atoms with van der Waals surface area (Å²) in [4.78, 5) is 15.3. The van der Waals surface area contributed by atoms with Gasteiger partial charge in [-0.15, -0.1) is 0 Å². The monoisotopic (exact) mass is 168 g/mol. The molecule has 1 aromatic rings. The zero-order valence-electron chi connectivity index (χ0n) is 7.19. The Balaban J connectivity index is 2.85. The molecular formula is C7H12N4O. The van der Waals surface area contributed by atoms with Crippen LogP contribution in [0, 0.1) is 5.92 Å². The molecule has 1 unspecified atom stereocenters. The second-order valence-corrected chi connectivity index (χ2v) is 2.71. The second kappa shape index (κ2) is 3.44. The van der Waals surface area contributed by atoms with E-state index in [1.165, 1.54) is 11.0 Å². The molecule has 1 rings (SSSR count). The van der Waals surface area contributed by atoms with Crippen LogP contribution in [0.5, 0.6) is 0 Å². The number of nitrogens with two attached hydrogens (primary N) is 1. The Bertz CT molecular complexity index is 281. The molecule has 2 N–H and O–H groups in total. The molecule has 0 saturated carbocycles. The van der Waals surface area contributed by atoms with Crippen molar-refractivity contribution >= 4 is 5.78 Å². The molecule has 0 spiro atoms. The highest BCUT2D eigenvalue weighted by Gasteiger charge is 2.17. The number of carbonyl (C=O) groups is 1. The molecule has 5 nitrogen and oxygen atoms in total. The van der Waals surface area contributed by atoms with Crippen LogP contribution in [-0.4, -0.2) is 27.1 Å². The van der Waals surface area contributed by atoms with Crippen molar-refractivity contribution < 1.29 is 4.79 Å². The molecule has 0 bridgehead atoms. The average Bonchev–Trinajstić information content (AvgIpc) is 2.48. The van der Waals surface area contributed by atoms with E-state index in [0.717, 1.165) is 0 Å². The minimum absolute atomic E-state index is 0.0579. The van der Waals surface area contributed by atoms with E-state index in [1.54, 1.807) is 14.0 Å². The van der Waals surface area contributed by atoms with Gasteiger partial charge in [0, 0.05) is 19.5 Å². The molecule has 12 heavy (non-hydrogen) atoms. The molecule has 0 aliphatic rings. The Kier molecular flexibility index (Phi) is 2.54. The van der Waals surface area contributed by atoms with Gasteiger partial charge in [0.25, 0.3) is 0 Å². The lowest BCUT2D eigenvalue weighted by atomic mass is 10.1. The first-order chi connectivity index (χ1) is 5.66. The van der Waals surface area contributed by atoms with E-state index in [-0.39, 0.29) is 11.7 Å². The maximum absolute atomic E-state index is 11.5. The summed E-state index contributed by atoms with van der Waals surface area (Å²) >= 11 is 0. The molecule has 1 aromatic heterocycles. The summed E-state index contributed by atoms with van der Waals surface area (Å²) in [7, 11) is 1.68.